The second-order valence-corrected chi connectivity index (χ2v) is 13.5. The van der Waals surface area contributed by atoms with Gasteiger partial charge in [0, 0.05) is 22.1 Å². The number of ether oxygens (including phenoxy) is 3. The van der Waals surface area contributed by atoms with E-state index in [0.717, 1.165) is 5.39 Å². The maximum Gasteiger partial charge on any atom is 0.374 e. The van der Waals surface area contributed by atoms with E-state index in [4.69, 9.17) is 18.6 Å². The Kier molecular flexibility index (Phi) is 5.74. The average molecular weight is 579 g/mol. The van der Waals surface area contributed by atoms with E-state index in [0.29, 0.717) is 30.4 Å². The van der Waals surface area contributed by atoms with Crippen LogP contribution in [0.15, 0.2) is 58.6 Å². The van der Waals surface area contributed by atoms with Crippen LogP contribution in [0.25, 0.3) is 11.0 Å². The molecule has 9 heteroatoms. The number of hydrogen-bond donors (Lipinski definition) is 1. The quantitative estimate of drug-likeness (QED) is 0.503. The standard InChI is InChI=1S/C33H35FO8/c1-29(2)41-27-15-22-21-10-9-19-14-20(35)11-12-30(19,3)32(21,34)25(36)16-31(22,4)33(27,42-29)26(37)17-39-28(38)24-13-18-7-5-6-8-23(18)40-24/h5-8,11-14,21-22,25,27,36H,9-10,15-17H2,1-4H3/t21-,22-,25-,27+,30-,31-,32-,33-/m1/s1. The molecular formula is C33H35FO8. The van der Waals surface area contributed by atoms with Gasteiger partial charge in [-0.1, -0.05) is 36.8 Å². The van der Waals surface area contributed by atoms with Gasteiger partial charge in [0.25, 0.3) is 0 Å². The zero-order chi connectivity index (χ0) is 29.9. The molecule has 1 aliphatic heterocycles. The van der Waals surface area contributed by atoms with Crippen molar-refractivity contribution in [1.82, 2.24) is 0 Å². The molecule has 8 atom stereocenters. The van der Waals surface area contributed by atoms with Crippen LogP contribution in [0.5, 0.6) is 0 Å². The molecule has 2 heterocycles. The molecule has 0 spiro atoms. The summed E-state index contributed by atoms with van der Waals surface area (Å²) < 4.78 is 41.4. The second-order valence-electron chi connectivity index (χ2n) is 13.5. The first-order chi connectivity index (χ1) is 19.7. The van der Waals surface area contributed by atoms with Gasteiger partial charge < -0.3 is 23.7 Å². The molecular weight excluding hydrogens is 543 g/mol. The van der Waals surface area contributed by atoms with Gasteiger partial charge in [0.15, 0.2) is 29.4 Å². The van der Waals surface area contributed by atoms with Crippen molar-refractivity contribution in [3.05, 3.63) is 59.9 Å². The third-order valence-electron chi connectivity index (χ3n) is 11.0. The molecule has 8 nitrogen and oxygen atoms in total. The number of ketones is 2. The van der Waals surface area contributed by atoms with Crippen LogP contribution in [0.2, 0.25) is 0 Å². The fourth-order valence-electron chi connectivity index (χ4n) is 9.20. The van der Waals surface area contributed by atoms with Crippen LogP contribution in [-0.2, 0) is 23.8 Å². The predicted molar refractivity (Wildman–Crippen MR) is 148 cm³/mol. The van der Waals surface area contributed by atoms with Crippen molar-refractivity contribution in [2.75, 3.05) is 6.61 Å². The van der Waals surface area contributed by atoms with Crippen molar-refractivity contribution in [1.29, 1.82) is 0 Å². The van der Waals surface area contributed by atoms with E-state index in [1.54, 1.807) is 51.1 Å². The molecule has 1 saturated heterocycles. The number of allylic oxidation sites excluding steroid dienone is 4. The van der Waals surface area contributed by atoms with Crippen LogP contribution < -0.4 is 0 Å². The second kappa shape index (κ2) is 8.71. The number of Topliss-reactive ketones (excluding diaryl/α,β-unsaturated/α-hetero) is 1. The normalized spacial score (nSPS) is 41.5. The number of rotatable bonds is 4. The smallest absolute Gasteiger partial charge is 0.374 e. The fraction of sp³-hybridized carbons (Fsp3) is 0.545. The lowest BCUT2D eigenvalue weighted by atomic mass is 9.44. The fourth-order valence-corrected chi connectivity index (χ4v) is 9.20. The third-order valence-corrected chi connectivity index (χ3v) is 11.0. The summed E-state index contributed by atoms with van der Waals surface area (Å²) in [5.41, 5.74) is -4.57. The molecule has 0 amide bonds. The highest BCUT2D eigenvalue weighted by Crippen LogP contribution is 2.72. The number of aliphatic hydroxyl groups is 1. The topological polar surface area (TPSA) is 112 Å². The van der Waals surface area contributed by atoms with Crippen LogP contribution >= 0.6 is 0 Å². The minimum Gasteiger partial charge on any atom is -0.452 e. The first-order valence-corrected chi connectivity index (χ1v) is 14.6. The molecule has 0 bridgehead atoms. The molecule has 3 saturated carbocycles. The summed E-state index contributed by atoms with van der Waals surface area (Å²) in [6.07, 6.45) is 3.54. The Morgan fingerprint density at radius 3 is 2.67 bits per heavy atom. The van der Waals surface area contributed by atoms with Gasteiger partial charge in [-0.2, -0.15) is 0 Å². The first kappa shape index (κ1) is 27.7. The lowest BCUT2D eigenvalue weighted by Gasteiger charge is -2.62. The monoisotopic (exact) mass is 578 g/mol. The van der Waals surface area contributed by atoms with Gasteiger partial charge in [-0.3, -0.25) is 9.59 Å². The van der Waals surface area contributed by atoms with Crippen molar-refractivity contribution >= 4 is 28.5 Å². The number of hydrogen-bond acceptors (Lipinski definition) is 8. The van der Waals surface area contributed by atoms with E-state index < -0.39 is 64.4 Å². The van der Waals surface area contributed by atoms with Gasteiger partial charge in [-0.15, -0.1) is 0 Å². The van der Waals surface area contributed by atoms with Crippen LogP contribution in [0.1, 0.15) is 63.9 Å². The Hall–Kier alpha value is -3.14. The largest absolute Gasteiger partial charge is 0.452 e. The molecule has 42 heavy (non-hydrogen) atoms. The maximum absolute atomic E-state index is 17.6. The van der Waals surface area contributed by atoms with Crippen molar-refractivity contribution in [2.24, 2.45) is 22.7 Å². The molecule has 1 aromatic heterocycles. The Morgan fingerprint density at radius 2 is 1.90 bits per heavy atom. The Morgan fingerprint density at radius 1 is 1.14 bits per heavy atom. The number of halogens is 1. The molecule has 2 aromatic rings. The van der Waals surface area contributed by atoms with Crippen LogP contribution in [0.4, 0.5) is 4.39 Å². The summed E-state index contributed by atoms with van der Waals surface area (Å²) >= 11 is 0. The number of furan rings is 1. The molecule has 0 radical (unpaired) electrons. The molecule has 222 valence electrons. The van der Waals surface area contributed by atoms with Crippen LogP contribution in [0.3, 0.4) is 0 Å². The Bertz CT molecular complexity index is 1550. The van der Waals surface area contributed by atoms with Crippen LogP contribution in [-0.4, -0.2) is 58.5 Å². The zero-order valence-electron chi connectivity index (χ0n) is 24.1. The van der Waals surface area contributed by atoms with E-state index in [-0.39, 0.29) is 23.9 Å². The van der Waals surface area contributed by atoms with Gasteiger partial charge in [0.05, 0.1) is 12.2 Å². The highest BCUT2D eigenvalue weighted by molar-refractivity contribution is 6.01. The van der Waals surface area contributed by atoms with Crippen molar-refractivity contribution in [2.45, 2.75) is 82.6 Å². The van der Waals surface area contributed by atoms with Gasteiger partial charge in [-0.05, 0) is 76.7 Å². The molecule has 5 aliphatic rings. The highest BCUT2D eigenvalue weighted by Gasteiger charge is 2.80. The number of carbonyl (C=O) groups is 3. The number of alkyl halides is 1. The Balaban J connectivity index is 1.22. The molecule has 7 rings (SSSR count). The van der Waals surface area contributed by atoms with E-state index in [1.165, 1.54) is 12.2 Å². The first-order valence-electron chi connectivity index (χ1n) is 14.6. The minimum atomic E-state index is -2.05. The number of para-hydroxylation sites is 1. The summed E-state index contributed by atoms with van der Waals surface area (Å²) in [5.74, 6) is -3.58. The van der Waals surface area contributed by atoms with Crippen LogP contribution in [0, 0.1) is 22.7 Å². The van der Waals surface area contributed by atoms with Crippen molar-refractivity contribution in [3.63, 3.8) is 0 Å². The summed E-state index contributed by atoms with van der Waals surface area (Å²) in [7, 11) is 0. The van der Waals surface area contributed by atoms with E-state index in [9.17, 15) is 19.5 Å². The molecule has 4 fully saturated rings. The number of benzene rings is 1. The lowest BCUT2D eigenvalue weighted by molar-refractivity contribution is -0.246. The molecule has 4 aliphatic carbocycles. The summed E-state index contributed by atoms with van der Waals surface area (Å²) in [6.45, 7) is 6.48. The van der Waals surface area contributed by atoms with Gasteiger partial charge in [0.2, 0.25) is 11.5 Å². The summed E-state index contributed by atoms with van der Waals surface area (Å²) in [4.78, 5) is 39.3. The minimum absolute atomic E-state index is 0.0221. The van der Waals surface area contributed by atoms with Gasteiger partial charge in [-0.25, -0.2) is 9.18 Å². The Labute approximate surface area is 242 Å². The van der Waals surface area contributed by atoms with E-state index >= 15 is 4.39 Å². The van der Waals surface area contributed by atoms with E-state index in [1.807, 2.05) is 13.0 Å². The van der Waals surface area contributed by atoms with E-state index in [2.05, 4.69) is 0 Å². The third kappa shape index (κ3) is 3.41. The zero-order valence-corrected chi connectivity index (χ0v) is 24.1. The lowest BCUT2D eigenvalue weighted by Crippen LogP contribution is -2.70. The number of carbonyl (C=O) groups excluding carboxylic acids is 3. The molecule has 1 N–H and O–H groups in total. The molecule has 1 aromatic carbocycles. The SMILES string of the molecule is CC1(C)O[C@H]2C[C@@H]3[C@H]4CCC5=CC(=O)C=C[C@@]5(C)[C@]4(F)[C@H](O)C[C@@]3(C)[C@]2(C(=O)COC(=O)c2cc3ccccc3o2)O1. The van der Waals surface area contributed by atoms with Crippen molar-refractivity contribution < 1.29 is 42.5 Å². The summed E-state index contributed by atoms with van der Waals surface area (Å²) in [5, 5.41) is 12.4. The maximum atomic E-state index is 17.6. The number of aliphatic hydroxyl groups excluding tert-OH is 1. The number of fused-ring (bicyclic) bond motifs is 8. The highest BCUT2D eigenvalue weighted by atomic mass is 19.1. The van der Waals surface area contributed by atoms with Gasteiger partial charge in [0.1, 0.15) is 5.58 Å². The predicted octanol–water partition coefficient (Wildman–Crippen LogP) is 5.03. The number of esters is 1. The summed E-state index contributed by atoms with van der Waals surface area (Å²) in [6, 6.07) is 8.72. The van der Waals surface area contributed by atoms with Crippen molar-refractivity contribution in [3.8, 4) is 0 Å². The van der Waals surface area contributed by atoms with Gasteiger partial charge >= 0.3 is 5.97 Å². The molecule has 0 unspecified atom stereocenters. The average Bonchev–Trinajstić information content (AvgIpc) is 3.56.